The molecule has 1 aromatic carbocycles. The minimum Gasteiger partial charge on any atom is -0.436 e. The van der Waals surface area contributed by atoms with Gasteiger partial charge < -0.3 is 4.74 Å². The number of aromatic amines is 1. The molecule has 0 fully saturated rings. The number of hydrogen-bond donors (Lipinski definition) is 1. The fraction of sp³-hybridized carbons (Fsp3) is 0.125. The third-order valence-corrected chi connectivity index (χ3v) is 3.15. The Bertz CT molecular complexity index is 809. The van der Waals surface area contributed by atoms with Crippen LogP contribution in [0.15, 0.2) is 42.7 Å². The molecule has 3 aromatic rings. The molecule has 6 heteroatoms. The summed E-state index contributed by atoms with van der Waals surface area (Å²) in [6, 6.07) is 9.56. The number of carbonyl (C=O) groups is 1. The lowest BCUT2D eigenvalue weighted by molar-refractivity contribution is 0.101. The van der Waals surface area contributed by atoms with Crippen LogP contribution in [-0.4, -0.2) is 26.2 Å². The number of pyridine rings is 1. The van der Waals surface area contributed by atoms with Gasteiger partial charge in [-0.05, 0) is 36.2 Å². The molecule has 0 bridgehead atoms. The minimum absolute atomic E-state index is 0.178. The maximum Gasteiger partial charge on any atom is 0.269 e. The van der Waals surface area contributed by atoms with E-state index in [0.717, 1.165) is 16.7 Å². The summed E-state index contributed by atoms with van der Waals surface area (Å²) < 4.78 is 5.58. The van der Waals surface area contributed by atoms with Crippen molar-refractivity contribution in [3.63, 3.8) is 0 Å². The Balaban J connectivity index is 1.83. The summed E-state index contributed by atoms with van der Waals surface area (Å²) in [5.41, 5.74) is 3.44. The first kappa shape index (κ1) is 13.9. The van der Waals surface area contributed by atoms with Crippen LogP contribution in [0.25, 0.3) is 11.1 Å². The largest absolute Gasteiger partial charge is 0.436 e. The highest BCUT2D eigenvalue weighted by Crippen LogP contribution is 2.26. The Morgan fingerprint density at radius 1 is 1.14 bits per heavy atom. The van der Waals surface area contributed by atoms with E-state index in [1.54, 1.807) is 0 Å². The number of nitrogens with zero attached hydrogens (tertiary/aromatic N) is 3. The van der Waals surface area contributed by atoms with E-state index in [1.807, 2.05) is 43.6 Å². The Morgan fingerprint density at radius 2 is 1.91 bits per heavy atom. The zero-order valence-corrected chi connectivity index (χ0v) is 12.2. The number of aryl methyl sites for hydroxylation is 1. The van der Waals surface area contributed by atoms with Crippen LogP contribution in [0.1, 0.15) is 23.0 Å². The van der Waals surface area contributed by atoms with Crippen molar-refractivity contribution in [1.82, 2.24) is 20.4 Å². The number of hydrogen-bond acceptors (Lipinski definition) is 5. The molecular weight excluding hydrogens is 280 g/mol. The molecule has 0 atom stereocenters. The van der Waals surface area contributed by atoms with Crippen molar-refractivity contribution in [1.29, 1.82) is 0 Å². The number of nitrogens with one attached hydrogen (secondary N) is 1. The number of Topliss-reactive ketones (excluding diaryl/α,β-unsaturated/α-hetero) is 1. The average Bonchev–Trinajstić information content (AvgIpc) is 2.96. The summed E-state index contributed by atoms with van der Waals surface area (Å²) >= 11 is 0. The van der Waals surface area contributed by atoms with Gasteiger partial charge in [0.25, 0.3) is 5.88 Å². The third kappa shape index (κ3) is 2.85. The maximum atomic E-state index is 11.4. The summed E-state index contributed by atoms with van der Waals surface area (Å²) in [5.74, 6) is 0.584. The summed E-state index contributed by atoms with van der Waals surface area (Å²) in [6.07, 6.45) is 3.63. The molecule has 0 saturated carbocycles. The van der Waals surface area contributed by atoms with Crippen molar-refractivity contribution in [2.75, 3.05) is 0 Å². The topological polar surface area (TPSA) is 80.8 Å². The molecule has 0 spiro atoms. The molecule has 0 aliphatic heterocycles. The van der Waals surface area contributed by atoms with Gasteiger partial charge in [-0.2, -0.15) is 0 Å². The van der Waals surface area contributed by atoms with Crippen molar-refractivity contribution < 1.29 is 9.53 Å². The lowest BCUT2D eigenvalue weighted by Gasteiger charge is -2.05. The van der Waals surface area contributed by atoms with Crippen LogP contribution in [-0.2, 0) is 0 Å². The number of ketones is 1. The smallest absolute Gasteiger partial charge is 0.269 e. The number of carbonyl (C=O) groups excluding carboxylic acids is 1. The van der Waals surface area contributed by atoms with Crippen molar-refractivity contribution in [2.24, 2.45) is 0 Å². The molecular formula is C16H14N4O2. The van der Waals surface area contributed by atoms with E-state index in [2.05, 4.69) is 26.5 Å². The second-order valence-corrected chi connectivity index (χ2v) is 4.93. The first-order chi connectivity index (χ1) is 10.6. The second-order valence-electron chi connectivity index (χ2n) is 4.93. The van der Waals surface area contributed by atoms with Gasteiger partial charge in [0.2, 0.25) is 0 Å². The van der Waals surface area contributed by atoms with Crippen molar-refractivity contribution >= 4 is 5.78 Å². The van der Waals surface area contributed by atoms with Gasteiger partial charge in [0.1, 0.15) is 5.75 Å². The van der Waals surface area contributed by atoms with Crippen LogP contribution < -0.4 is 4.74 Å². The number of aromatic nitrogens is 4. The van der Waals surface area contributed by atoms with Crippen LogP contribution >= 0.6 is 0 Å². The van der Waals surface area contributed by atoms with Gasteiger partial charge in [-0.1, -0.05) is 22.4 Å². The van der Waals surface area contributed by atoms with Gasteiger partial charge in [-0.15, -0.1) is 0 Å². The van der Waals surface area contributed by atoms with Gasteiger partial charge >= 0.3 is 0 Å². The number of H-pyrrole nitrogens is 1. The fourth-order valence-corrected chi connectivity index (χ4v) is 2.06. The number of ether oxygens (including phenoxy) is 1. The summed E-state index contributed by atoms with van der Waals surface area (Å²) in [6.45, 7) is 3.43. The molecule has 0 aliphatic carbocycles. The Labute approximate surface area is 127 Å². The highest BCUT2D eigenvalue weighted by Gasteiger charge is 2.13. The summed E-state index contributed by atoms with van der Waals surface area (Å²) in [7, 11) is 0. The van der Waals surface area contributed by atoms with E-state index in [9.17, 15) is 4.79 Å². The summed E-state index contributed by atoms with van der Waals surface area (Å²) in [4.78, 5) is 15.6. The van der Waals surface area contributed by atoms with Crippen molar-refractivity contribution in [3.05, 3.63) is 54.0 Å². The van der Waals surface area contributed by atoms with E-state index in [0.29, 0.717) is 5.75 Å². The molecule has 0 radical (unpaired) electrons. The first-order valence-corrected chi connectivity index (χ1v) is 6.75. The fourth-order valence-electron chi connectivity index (χ4n) is 2.06. The van der Waals surface area contributed by atoms with Gasteiger partial charge in [0, 0.05) is 24.9 Å². The zero-order valence-electron chi connectivity index (χ0n) is 12.2. The van der Waals surface area contributed by atoms with E-state index in [4.69, 9.17) is 4.74 Å². The van der Waals surface area contributed by atoms with E-state index in [-0.39, 0.29) is 17.4 Å². The predicted molar refractivity (Wildman–Crippen MR) is 80.9 cm³/mol. The molecule has 0 saturated heterocycles. The van der Waals surface area contributed by atoms with Crippen LogP contribution in [0.2, 0.25) is 0 Å². The van der Waals surface area contributed by atoms with Crippen LogP contribution in [0.3, 0.4) is 0 Å². The molecule has 0 unspecified atom stereocenters. The average molecular weight is 294 g/mol. The molecule has 2 aromatic heterocycles. The van der Waals surface area contributed by atoms with Gasteiger partial charge in [-0.25, -0.2) is 0 Å². The van der Waals surface area contributed by atoms with Gasteiger partial charge in [-0.3, -0.25) is 14.9 Å². The predicted octanol–water partition coefficient (Wildman–Crippen LogP) is 3.17. The number of benzene rings is 1. The molecule has 22 heavy (non-hydrogen) atoms. The van der Waals surface area contributed by atoms with Gasteiger partial charge in [0.05, 0.1) is 0 Å². The Morgan fingerprint density at radius 3 is 2.59 bits per heavy atom. The highest BCUT2D eigenvalue weighted by molar-refractivity contribution is 5.94. The normalized spacial score (nSPS) is 10.5. The Hall–Kier alpha value is -3.02. The van der Waals surface area contributed by atoms with Crippen molar-refractivity contribution in [2.45, 2.75) is 13.8 Å². The minimum atomic E-state index is -0.178. The lowest BCUT2D eigenvalue weighted by atomic mass is 10.1. The third-order valence-electron chi connectivity index (χ3n) is 3.15. The molecule has 0 amide bonds. The van der Waals surface area contributed by atoms with Crippen LogP contribution in [0.5, 0.6) is 11.6 Å². The first-order valence-electron chi connectivity index (χ1n) is 6.75. The maximum absolute atomic E-state index is 11.4. The molecule has 1 N–H and O–H groups in total. The number of rotatable bonds is 4. The van der Waals surface area contributed by atoms with E-state index in [1.165, 1.54) is 6.92 Å². The van der Waals surface area contributed by atoms with Gasteiger partial charge in [0.15, 0.2) is 11.5 Å². The molecule has 2 heterocycles. The second kappa shape index (κ2) is 5.77. The molecule has 110 valence electrons. The van der Waals surface area contributed by atoms with Crippen LogP contribution in [0, 0.1) is 6.92 Å². The Kier molecular flexibility index (Phi) is 3.65. The SMILES string of the molecule is CC(=O)c1[nH]nnc1Oc1ccc(-c2cncc(C)c2)cc1. The zero-order chi connectivity index (χ0) is 15.5. The van der Waals surface area contributed by atoms with E-state index < -0.39 is 0 Å². The van der Waals surface area contributed by atoms with Crippen molar-refractivity contribution in [3.8, 4) is 22.8 Å². The highest BCUT2D eigenvalue weighted by atomic mass is 16.5. The standard InChI is InChI=1S/C16H14N4O2/c1-10-7-13(9-17-8-10)12-3-5-14(6-4-12)22-16-15(11(2)21)18-20-19-16/h3-9H,1-2H3,(H,18,19,20). The summed E-state index contributed by atoms with van der Waals surface area (Å²) in [5, 5.41) is 9.88. The van der Waals surface area contributed by atoms with E-state index >= 15 is 0 Å². The molecule has 0 aliphatic rings. The monoisotopic (exact) mass is 294 g/mol. The van der Waals surface area contributed by atoms with Crippen LogP contribution in [0.4, 0.5) is 0 Å². The molecule has 6 nitrogen and oxygen atoms in total. The quantitative estimate of drug-likeness (QED) is 0.747. The lowest BCUT2D eigenvalue weighted by Crippen LogP contribution is -1.96. The molecule has 3 rings (SSSR count).